The van der Waals surface area contributed by atoms with Crippen molar-refractivity contribution in [2.45, 2.75) is 89.2 Å². The topological polar surface area (TPSA) is 99.2 Å². The average molecular weight is 424 g/mol. The first-order chi connectivity index (χ1) is 14.8. The van der Waals surface area contributed by atoms with Gasteiger partial charge in [0.15, 0.2) is 0 Å². The van der Waals surface area contributed by atoms with Crippen molar-refractivity contribution in [3.8, 4) is 0 Å². The fraction of sp³-hybridized carbons (Fsp3) is 0.800. The minimum atomic E-state index is -0.659. The Morgan fingerprint density at radius 1 is 1.03 bits per heavy atom. The fourth-order valence-corrected chi connectivity index (χ4v) is 9.70. The third kappa shape index (κ3) is 2.28. The number of aliphatic hydroxyl groups is 1. The van der Waals surface area contributed by atoms with Gasteiger partial charge in [-0.25, -0.2) is 4.79 Å². The van der Waals surface area contributed by atoms with E-state index in [1.54, 1.807) is 6.26 Å². The summed E-state index contributed by atoms with van der Waals surface area (Å²) in [4.78, 5) is 14.6. The highest BCUT2D eigenvalue weighted by Crippen LogP contribution is 2.80. The summed E-state index contributed by atoms with van der Waals surface area (Å²) in [5.74, 6) is 1.67. The Hall–Kier alpha value is -1.78. The monoisotopic (exact) mass is 423 g/mol. The fourth-order valence-electron chi connectivity index (χ4n) is 9.70. The van der Waals surface area contributed by atoms with Crippen molar-refractivity contribution < 1.29 is 9.52 Å². The van der Waals surface area contributed by atoms with Crippen LogP contribution in [0.4, 0.5) is 0 Å². The average Bonchev–Trinajstić information content (AvgIpc) is 3.42. The van der Waals surface area contributed by atoms with Gasteiger partial charge < -0.3 is 9.52 Å². The summed E-state index contributed by atoms with van der Waals surface area (Å²) in [7, 11) is 0. The number of hydrogen-bond donors (Lipinski definition) is 1. The van der Waals surface area contributed by atoms with E-state index in [1.807, 2.05) is 6.07 Å². The van der Waals surface area contributed by atoms with E-state index in [0.717, 1.165) is 56.9 Å². The number of azide groups is 1. The van der Waals surface area contributed by atoms with Crippen LogP contribution in [0.1, 0.15) is 83.1 Å². The van der Waals surface area contributed by atoms with Gasteiger partial charge in [-0.05, 0) is 109 Å². The molecule has 0 radical (unpaired) electrons. The zero-order valence-electron chi connectivity index (χ0n) is 18.6. The molecule has 6 rings (SSSR count). The summed E-state index contributed by atoms with van der Waals surface area (Å²) in [6, 6.07) is 3.60. The molecule has 5 aliphatic rings. The van der Waals surface area contributed by atoms with Gasteiger partial charge in [0, 0.05) is 22.4 Å². The van der Waals surface area contributed by atoms with Crippen LogP contribution in [0, 0.1) is 34.0 Å². The molecule has 6 heteroatoms. The van der Waals surface area contributed by atoms with Gasteiger partial charge in [0.1, 0.15) is 0 Å². The Bertz CT molecular complexity index is 1010. The zero-order valence-corrected chi connectivity index (χ0v) is 18.6. The van der Waals surface area contributed by atoms with Gasteiger partial charge in [0.2, 0.25) is 0 Å². The molecule has 1 aromatic rings. The lowest BCUT2D eigenvalue weighted by Crippen LogP contribution is -2.62. The van der Waals surface area contributed by atoms with Crippen molar-refractivity contribution in [1.29, 1.82) is 0 Å². The quantitative estimate of drug-likeness (QED) is 0.383. The lowest BCUT2D eigenvalue weighted by molar-refractivity contribution is -0.206. The minimum Gasteiger partial charge on any atom is -0.431 e. The van der Waals surface area contributed by atoms with Crippen molar-refractivity contribution >= 4 is 0 Å². The van der Waals surface area contributed by atoms with Gasteiger partial charge in [0.05, 0.1) is 11.9 Å². The SMILES string of the molecule is C[C@]12CC[C@H](N=[N+]=[N-])[C@@H]3C[C@@]31CCC1C2CC[C@]2(C)[C@@H](c3ccc(=O)oc3)CC[C@]12O. The van der Waals surface area contributed by atoms with E-state index in [1.165, 1.54) is 12.5 Å². The van der Waals surface area contributed by atoms with Gasteiger partial charge in [-0.2, -0.15) is 0 Å². The van der Waals surface area contributed by atoms with Crippen molar-refractivity contribution in [1.82, 2.24) is 0 Å². The molecule has 5 fully saturated rings. The number of fused-ring (bicyclic) bond motifs is 4. The van der Waals surface area contributed by atoms with E-state index in [0.29, 0.717) is 23.2 Å². The number of rotatable bonds is 2. The molecule has 1 aromatic heterocycles. The predicted octanol–water partition coefficient (Wildman–Crippen LogP) is 5.56. The van der Waals surface area contributed by atoms with Crippen LogP contribution in [-0.4, -0.2) is 16.7 Å². The molecule has 166 valence electrons. The highest BCUT2D eigenvalue weighted by molar-refractivity contribution is 5.29. The van der Waals surface area contributed by atoms with Gasteiger partial charge in [0.25, 0.3) is 0 Å². The molecule has 1 spiro atoms. The number of hydrogen-bond acceptors (Lipinski definition) is 4. The van der Waals surface area contributed by atoms with Crippen LogP contribution in [0.5, 0.6) is 0 Å². The lowest BCUT2D eigenvalue weighted by atomic mass is 9.42. The summed E-state index contributed by atoms with van der Waals surface area (Å²) in [5.41, 5.74) is 9.49. The van der Waals surface area contributed by atoms with E-state index in [9.17, 15) is 9.90 Å². The first-order valence-electron chi connectivity index (χ1n) is 12.1. The lowest BCUT2D eigenvalue weighted by Gasteiger charge is -2.64. The van der Waals surface area contributed by atoms with E-state index in [4.69, 9.17) is 9.95 Å². The molecular formula is C25H33N3O3. The molecule has 5 aliphatic carbocycles. The summed E-state index contributed by atoms with van der Waals surface area (Å²) in [6.45, 7) is 4.79. The maximum atomic E-state index is 12.3. The van der Waals surface area contributed by atoms with Crippen LogP contribution in [0.3, 0.4) is 0 Å². The maximum Gasteiger partial charge on any atom is 0.335 e. The summed E-state index contributed by atoms with van der Waals surface area (Å²) in [5, 5.41) is 16.5. The maximum absolute atomic E-state index is 12.3. The summed E-state index contributed by atoms with van der Waals surface area (Å²) >= 11 is 0. The predicted molar refractivity (Wildman–Crippen MR) is 116 cm³/mol. The standard InChI is InChI=1S/C25H33N3O3/c1-22-10-8-20(27-28-26)19-13-24(19,22)11-6-18-17(22)5-9-23(2)16(7-12-25(18,23)30)15-3-4-21(29)31-14-15/h3-4,14,16-20,30H,5-13H2,1-2H3/t16-,17?,18?,19+,20+,22-,23-,24+,25+/m1/s1. The van der Waals surface area contributed by atoms with Gasteiger partial charge in [-0.3, -0.25) is 0 Å². The van der Waals surface area contributed by atoms with Crippen molar-refractivity contribution in [3.63, 3.8) is 0 Å². The Morgan fingerprint density at radius 2 is 1.81 bits per heavy atom. The molecule has 5 saturated carbocycles. The van der Waals surface area contributed by atoms with Crippen molar-refractivity contribution in [2.24, 2.45) is 39.1 Å². The largest absolute Gasteiger partial charge is 0.431 e. The molecule has 0 bridgehead atoms. The molecule has 1 N–H and O–H groups in total. The third-order valence-electron chi connectivity index (χ3n) is 11.4. The molecule has 6 nitrogen and oxygen atoms in total. The normalized spacial score (nSPS) is 52.2. The smallest absolute Gasteiger partial charge is 0.335 e. The van der Waals surface area contributed by atoms with Crippen LogP contribution >= 0.6 is 0 Å². The van der Waals surface area contributed by atoms with E-state index < -0.39 is 5.60 Å². The Balaban J connectivity index is 1.34. The van der Waals surface area contributed by atoms with Crippen molar-refractivity contribution in [3.05, 3.63) is 44.8 Å². The number of nitrogens with zero attached hydrogens (tertiary/aromatic N) is 3. The second-order valence-electron chi connectivity index (χ2n) is 11.8. The Morgan fingerprint density at radius 3 is 2.55 bits per heavy atom. The molecule has 31 heavy (non-hydrogen) atoms. The summed E-state index contributed by atoms with van der Waals surface area (Å²) < 4.78 is 5.20. The molecule has 1 heterocycles. The van der Waals surface area contributed by atoms with Crippen LogP contribution in [0.25, 0.3) is 10.4 Å². The zero-order chi connectivity index (χ0) is 21.6. The van der Waals surface area contributed by atoms with E-state index in [2.05, 4.69) is 23.9 Å². The first kappa shape index (κ1) is 19.9. The van der Waals surface area contributed by atoms with E-state index >= 15 is 0 Å². The summed E-state index contributed by atoms with van der Waals surface area (Å²) in [6.07, 6.45) is 11.2. The molecule has 0 saturated heterocycles. The third-order valence-corrected chi connectivity index (χ3v) is 11.4. The molecular weight excluding hydrogens is 390 g/mol. The molecule has 9 atom stereocenters. The Labute approximate surface area is 183 Å². The second kappa shape index (κ2) is 6.17. The van der Waals surface area contributed by atoms with Gasteiger partial charge in [-0.1, -0.05) is 19.0 Å². The Kier molecular flexibility index (Phi) is 3.95. The van der Waals surface area contributed by atoms with Gasteiger partial charge in [-0.15, -0.1) is 0 Å². The highest BCUT2D eigenvalue weighted by atomic mass is 16.4. The van der Waals surface area contributed by atoms with Crippen LogP contribution in [-0.2, 0) is 0 Å². The van der Waals surface area contributed by atoms with Crippen LogP contribution in [0.2, 0.25) is 0 Å². The molecule has 0 aromatic carbocycles. The molecule has 0 amide bonds. The van der Waals surface area contributed by atoms with Crippen LogP contribution in [0.15, 0.2) is 32.7 Å². The van der Waals surface area contributed by atoms with Crippen molar-refractivity contribution in [2.75, 3.05) is 0 Å². The van der Waals surface area contributed by atoms with Gasteiger partial charge >= 0.3 is 5.63 Å². The molecule has 2 unspecified atom stereocenters. The van der Waals surface area contributed by atoms with E-state index in [-0.39, 0.29) is 28.4 Å². The minimum absolute atomic E-state index is 0.176. The highest BCUT2D eigenvalue weighted by Gasteiger charge is 2.76. The second-order valence-corrected chi connectivity index (χ2v) is 11.8. The molecule has 0 aliphatic heterocycles. The van der Waals surface area contributed by atoms with Crippen LogP contribution < -0.4 is 5.63 Å². The first-order valence-corrected chi connectivity index (χ1v) is 12.1.